The summed E-state index contributed by atoms with van der Waals surface area (Å²) in [7, 11) is 0. The van der Waals surface area contributed by atoms with Crippen LogP contribution in [-0.2, 0) is 0 Å². The normalized spacial score (nSPS) is 10.6. The summed E-state index contributed by atoms with van der Waals surface area (Å²) in [6.07, 6.45) is 1.87. The van der Waals surface area contributed by atoms with Gasteiger partial charge in [-0.2, -0.15) is 0 Å². The number of anilines is 2. The van der Waals surface area contributed by atoms with E-state index in [2.05, 4.69) is 55.1 Å². The van der Waals surface area contributed by atoms with Crippen molar-refractivity contribution < 1.29 is 4.79 Å². The molecule has 1 aromatic heterocycles. The van der Waals surface area contributed by atoms with Crippen LogP contribution < -0.4 is 5.32 Å². The van der Waals surface area contributed by atoms with Crippen LogP contribution in [0.15, 0.2) is 24.3 Å². The molecule has 1 heterocycles. The molecule has 25 heavy (non-hydrogen) atoms. The van der Waals surface area contributed by atoms with Crippen molar-refractivity contribution in [3.05, 3.63) is 46.9 Å². The number of aryl methyl sites for hydroxylation is 3. The molecule has 0 aliphatic carbocycles. The number of carbonyl (C=O) groups is 1. The lowest BCUT2D eigenvalue weighted by atomic mass is 10.1. The molecule has 2 rings (SSSR count). The number of hydrogen-bond donors (Lipinski definition) is 1. The smallest absolute Gasteiger partial charge is 0.272 e. The summed E-state index contributed by atoms with van der Waals surface area (Å²) in [6.45, 7) is 11.6. The third-order valence-corrected chi connectivity index (χ3v) is 4.11. The van der Waals surface area contributed by atoms with E-state index < -0.39 is 0 Å². The minimum atomic E-state index is -0.0302. The number of hydrogen-bond acceptors (Lipinski definition) is 4. The van der Waals surface area contributed by atoms with Crippen molar-refractivity contribution in [3.8, 4) is 0 Å². The van der Waals surface area contributed by atoms with Crippen LogP contribution in [0.25, 0.3) is 0 Å². The molecule has 0 aliphatic heterocycles. The summed E-state index contributed by atoms with van der Waals surface area (Å²) in [6, 6.07) is 7.90. The molecule has 5 heteroatoms. The monoisotopic (exact) mass is 340 g/mol. The minimum Gasteiger partial charge on any atom is -0.340 e. The molecule has 5 nitrogen and oxygen atoms in total. The third-order valence-electron chi connectivity index (χ3n) is 4.11. The van der Waals surface area contributed by atoms with E-state index in [9.17, 15) is 4.79 Å². The largest absolute Gasteiger partial charge is 0.340 e. The van der Waals surface area contributed by atoms with E-state index >= 15 is 0 Å². The number of aromatic nitrogens is 2. The van der Waals surface area contributed by atoms with Gasteiger partial charge >= 0.3 is 0 Å². The minimum absolute atomic E-state index is 0.0302. The number of amides is 1. The molecule has 134 valence electrons. The molecular formula is C20H28N4O. The fourth-order valence-corrected chi connectivity index (χ4v) is 2.73. The highest BCUT2D eigenvalue weighted by Crippen LogP contribution is 2.19. The van der Waals surface area contributed by atoms with Gasteiger partial charge in [0.2, 0.25) is 0 Å². The van der Waals surface area contributed by atoms with Gasteiger partial charge in [0, 0.05) is 24.8 Å². The van der Waals surface area contributed by atoms with Gasteiger partial charge in [-0.05, 0) is 56.9 Å². The zero-order valence-corrected chi connectivity index (χ0v) is 15.9. The van der Waals surface area contributed by atoms with Gasteiger partial charge in [-0.15, -0.1) is 0 Å². The summed E-state index contributed by atoms with van der Waals surface area (Å²) in [4.78, 5) is 23.4. The van der Waals surface area contributed by atoms with E-state index in [4.69, 9.17) is 0 Å². The van der Waals surface area contributed by atoms with Gasteiger partial charge in [-0.1, -0.05) is 19.9 Å². The van der Waals surface area contributed by atoms with Crippen molar-refractivity contribution in [2.24, 2.45) is 0 Å². The number of benzene rings is 1. The average molecular weight is 340 g/mol. The van der Waals surface area contributed by atoms with E-state index in [-0.39, 0.29) is 5.91 Å². The predicted octanol–water partition coefficient (Wildman–Crippen LogP) is 4.41. The Hall–Kier alpha value is -2.43. The highest BCUT2D eigenvalue weighted by molar-refractivity contribution is 5.93. The Bertz CT molecular complexity index is 736. The summed E-state index contributed by atoms with van der Waals surface area (Å²) in [5, 5.41) is 3.29. The van der Waals surface area contributed by atoms with E-state index in [1.165, 1.54) is 11.1 Å². The van der Waals surface area contributed by atoms with Crippen LogP contribution >= 0.6 is 0 Å². The van der Waals surface area contributed by atoms with Crippen molar-refractivity contribution in [2.45, 2.75) is 47.5 Å². The lowest BCUT2D eigenvalue weighted by Crippen LogP contribution is -2.33. The lowest BCUT2D eigenvalue weighted by molar-refractivity contribution is 0.0749. The van der Waals surface area contributed by atoms with E-state index in [1.807, 2.05) is 17.9 Å². The molecule has 1 aromatic carbocycles. The number of nitrogens with one attached hydrogen (secondary N) is 1. The van der Waals surface area contributed by atoms with Crippen molar-refractivity contribution >= 4 is 17.4 Å². The number of rotatable bonds is 7. The maximum atomic E-state index is 12.8. The first-order valence-corrected chi connectivity index (χ1v) is 8.93. The standard InChI is InChI=1S/C20H28N4O/c1-6-10-24(11-7-2)20(25)18-13-19(22-16(5)21-18)23-17-9-8-14(3)15(4)12-17/h8-9,12-13H,6-7,10-11H2,1-5H3,(H,21,22,23). The molecule has 1 N–H and O–H groups in total. The molecular weight excluding hydrogens is 312 g/mol. The van der Waals surface area contributed by atoms with Gasteiger partial charge in [0.1, 0.15) is 17.3 Å². The van der Waals surface area contributed by atoms with Crippen LogP contribution in [0.2, 0.25) is 0 Å². The van der Waals surface area contributed by atoms with Crippen LogP contribution in [-0.4, -0.2) is 33.9 Å². The van der Waals surface area contributed by atoms with Crippen molar-refractivity contribution in [2.75, 3.05) is 18.4 Å². The second-order valence-corrected chi connectivity index (χ2v) is 6.40. The molecule has 0 radical (unpaired) electrons. The second kappa shape index (κ2) is 8.60. The Morgan fingerprint density at radius 3 is 2.28 bits per heavy atom. The highest BCUT2D eigenvalue weighted by Gasteiger charge is 2.17. The Balaban J connectivity index is 2.26. The van der Waals surface area contributed by atoms with E-state index in [0.717, 1.165) is 31.6 Å². The maximum absolute atomic E-state index is 12.8. The lowest BCUT2D eigenvalue weighted by Gasteiger charge is -2.21. The van der Waals surface area contributed by atoms with Crippen molar-refractivity contribution in [1.29, 1.82) is 0 Å². The third kappa shape index (κ3) is 5.02. The molecule has 0 aliphatic rings. The van der Waals surface area contributed by atoms with Gasteiger partial charge in [0.15, 0.2) is 0 Å². The molecule has 0 saturated carbocycles. The van der Waals surface area contributed by atoms with E-state index in [1.54, 1.807) is 6.07 Å². The van der Waals surface area contributed by atoms with Gasteiger partial charge in [0.25, 0.3) is 5.91 Å². The summed E-state index contributed by atoms with van der Waals surface area (Å²) in [5.41, 5.74) is 3.86. The summed E-state index contributed by atoms with van der Waals surface area (Å²) < 4.78 is 0. The second-order valence-electron chi connectivity index (χ2n) is 6.40. The van der Waals surface area contributed by atoms with Gasteiger partial charge < -0.3 is 10.2 Å². The first-order valence-electron chi connectivity index (χ1n) is 8.93. The van der Waals surface area contributed by atoms with Crippen LogP contribution in [0.1, 0.15) is 54.1 Å². The zero-order valence-electron chi connectivity index (χ0n) is 15.9. The Kier molecular flexibility index (Phi) is 6.51. The molecule has 2 aromatic rings. The topological polar surface area (TPSA) is 58.1 Å². The van der Waals surface area contributed by atoms with Crippen LogP contribution in [0.3, 0.4) is 0 Å². The van der Waals surface area contributed by atoms with Gasteiger partial charge in [-0.3, -0.25) is 4.79 Å². The molecule has 0 saturated heterocycles. The SMILES string of the molecule is CCCN(CCC)C(=O)c1cc(Nc2ccc(C)c(C)c2)nc(C)n1. The predicted molar refractivity (Wildman–Crippen MR) is 102 cm³/mol. The zero-order chi connectivity index (χ0) is 18.4. The Morgan fingerprint density at radius 2 is 1.68 bits per heavy atom. The Labute approximate surface area is 150 Å². The van der Waals surface area contributed by atoms with Crippen molar-refractivity contribution in [1.82, 2.24) is 14.9 Å². The van der Waals surface area contributed by atoms with Crippen LogP contribution in [0.5, 0.6) is 0 Å². The Morgan fingerprint density at radius 1 is 1.00 bits per heavy atom. The summed E-state index contributed by atoms with van der Waals surface area (Å²) in [5.74, 6) is 1.20. The van der Waals surface area contributed by atoms with Crippen LogP contribution in [0, 0.1) is 20.8 Å². The first kappa shape index (κ1) is 18.9. The van der Waals surface area contributed by atoms with Gasteiger partial charge in [0.05, 0.1) is 0 Å². The summed E-state index contributed by atoms with van der Waals surface area (Å²) >= 11 is 0. The van der Waals surface area contributed by atoms with E-state index in [0.29, 0.717) is 17.3 Å². The number of nitrogens with zero attached hydrogens (tertiary/aromatic N) is 3. The molecule has 0 spiro atoms. The van der Waals surface area contributed by atoms with Crippen molar-refractivity contribution in [3.63, 3.8) is 0 Å². The molecule has 0 fully saturated rings. The molecule has 0 bridgehead atoms. The highest BCUT2D eigenvalue weighted by atomic mass is 16.2. The van der Waals surface area contributed by atoms with Crippen LogP contribution in [0.4, 0.5) is 11.5 Å². The quantitative estimate of drug-likeness (QED) is 0.811. The fourth-order valence-electron chi connectivity index (χ4n) is 2.73. The first-order chi connectivity index (χ1) is 11.9. The fraction of sp³-hybridized carbons (Fsp3) is 0.450. The number of carbonyl (C=O) groups excluding carboxylic acids is 1. The molecule has 0 unspecified atom stereocenters. The maximum Gasteiger partial charge on any atom is 0.272 e. The average Bonchev–Trinajstić information content (AvgIpc) is 2.57. The van der Waals surface area contributed by atoms with Gasteiger partial charge in [-0.25, -0.2) is 9.97 Å². The molecule has 1 amide bonds. The molecule has 0 atom stereocenters.